The van der Waals surface area contributed by atoms with Crippen molar-refractivity contribution in [3.05, 3.63) is 53.9 Å². The van der Waals surface area contributed by atoms with E-state index in [1.165, 1.54) is 6.42 Å². The molecule has 0 radical (unpaired) electrons. The Morgan fingerprint density at radius 3 is 2.96 bits per heavy atom. The molecule has 24 heavy (non-hydrogen) atoms. The predicted octanol–water partition coefficient (Wildman–Crippen LogP) is 2.94. The average molecular weight is 328 g/mol. The Morgan fingerprint density at radius 2 is 2.21 bits per heavy atom. The molecule has 1 aromatic heterocycles. The molecular formula is C19H24N2O3. The first kappa shape index (κ1) is 16.7. The van der Waals surface area contributed by atoms with Crippen molar-refractivity contribution < 1.29 is 14.2 Å². The monoisotopic (exact) mass is 328 g/mol. The molecule has 0 saturated carbocycles. The Kier molecular flexibility index (Phi) is 6.04. The van der Waals surface area contributed by atoms with Crippen molar-refractivity contribution in [2.75, 3.05) is 20.3 Å². The van der Waals surface area contributed by atoms with Gasteiger partial charge in [-0.15, -0.1) is 0 Å². The van der Waals surface area contributed by atoms with Gasteiger partial charge in [-0.25, -0.2) is 0 Å². The van der Waals surface area contributed by atoms with Crippen molar-refractivity contribution in [1.29, 1.82) is 0 Å². The molecule has 5 nitrogen and oxygen atoms in total. The van der Waals surface area contributed by atoms with Gasteiger partial charge in [0.05, 0.1) is 18.9 Å². The summed E-state index contributed by atoms with van der Waals surface area (Å²) in [6, 6.07) is 11.8. The molecule has 0 amide bonds. The van der Waals surface area contributed by atoms with Crippen LogP contribution in [0.3, 0.4) is 0 Å². The van der Waals surface area contributed by atoms with E-state index >= 15 is 0 Å². The number of pyridine rings is 1. The smallest absolute Gasteiger partial charge is 0.161 e. The highest BCUT2D eigenvalue weighted by Crippen LogP contribution is 2.28. The van der Waals surface area contributed by atoms with Crippen LogP contribution in [0.4, 0.5) is 0 Å². The van der Waals surface area contributed by atoms with Crippen LogP contribution in [0.15, 0.2) is 42.6 Å². The molecular weight excluding hydrogens is 304 g/mol. The van der Waals surface area contributed by atoms with Gasteiger partial charge in [-0.1, -0.05) is 12.1 Å². The third-order valence-electron chi connectivity index (χ3n) is 4.05. The maximum atomic E-state index is 5.83. The zero-order valence-electron chi connectivity index (χ0n) is 14.0. The van der Waals surface area contributed by atoms with Crippen molar-refractivity contribution in [3.63, 3.8) is 0 Å². The molecule has 1 N–H and O–H groups in total. The van der Waals surface area contributed by atoms with Crippen LogP contribution < -0.4 is 14.8 Å². The lowest BCUT2D eigenvalue weighted by Crippen LogP contribution is -2.25. The fourth-order valence-corrected chi connectivity index (χ4v) is 2.76. The minimum atomic E-state index is 0.355. The molecule has 1 saturated heterocycles. The maximum Gasteiger partial charge on any atom is 0.161 e. The lowest BCUT2D eigenvalue weighted by molar-refractivity contribution is 0.110. The van der Waals surface area contributed by atoms with Crippen molar-refractivity contribution in [2.45, 2.75) is 32.1 Å². The van der Waals surface area contributed by atoms with E-state index in [1.807, 2.05) is 30.3 Å². The van der Waals surface area contributed by atoms with E-state index in [2.05, 4.69) is 16.4 Å². The van der Waals surface area contributed by atoms with Crippen LogP contribution in [0.1, 0.15) is 24.1 Å². The maximum absolute atomic E-state index is 5.83. The summed E-state index contributed by atoms with van der Waals surface area (Å²) in [5.74, 6) is 1.47. The fourth-order valence-electron chi connectivity index (χ4n) is 2.76. The van der Waals surface area contributed by atoms with Crippen LogP contribution in [0.25, 0.3) is 0 Å². The summed E-state index contributed by atoms with van der Waals surface area (Å²) in [7, 11) is 1.66. The molecule has 1 aliphatic rings. The predicted molar refractivity (Wildman–Crippen MR) is 92.2 cm³/mol. The second kappa shape index (κ2) is 8.66. The molecule has 0 unspecified atom stereocenters. The van der Waals surface area contributed by atoms with E-state index in [4.69, 9.17) is 14.2 Å². The molecule has 1 atom stereocenters. The molecule has 0 bridgehead atoms. The number of rotatable bonds is 8. The number of nitrogens with zero attached hydrogens (tertiary/aromatic N) is 1. The molecule has 0 spiro atoms. The van der Waals surface area contributed by atoms with Gasteiger partial charge in [0.25, 0.3) is 0 Å². The van der Waals surface area contributed by atoms with Crippen LogP contribution in [0.5, 0.6) is 11.5 Å². The van der Waals surface area contributed by atoms with E-state index in [-0.39, 0.29) is 0 Å². The first-order valence-electron chi connectivity index (χ1n) is 8.37. The number of hydrogen-bond donors (Lipinski definition) is 1. The second-order valence-electron chi connectivity index (χ2n) is 5.86. The normalized spacial score (nSPS) is 17.0. The minimum absolute atomic E-state index is 0.355. The van der Waals surface area contributed by atoms with E-state index in [1.54, 1.807) is 13.3 Å². The Morgan fingerprint density at radius 1 is 1.25 bits per heavy atom. The zero-order chi connectivity index (χ0) is 16.6. The van der Waals surface area contributed by atoms with Crippen molar-refractivity contribution >= 4 is 0 Å². The Balaban J connectivity index is 1.53. The number of methoxy groups -OCH3 is 1. The first-order valence-corrected chi connectivity index (χ1v) is 8.37. The van der Waals surface area contributed by atoms with Crippen LogP contribution in [-0.2, 0) is 17.9 Å². The van der Waals surface area contributed by atoms with Gasteiger partial charge in [0, 0.05) is 25.9 Å². The van der Waals surface area contributed by atoms with E-state index in [0.29, 0.717) is 12.7 Å². The summed E-state index contributed by atoms with van der Waals surface area (Å²) in [5, 5.41) is 3.44. The van der Waals surface area contributed by atoms with Gasteiger partial charge in [0.2, 0.25) is 0 Å². The van der Waals surface area contributed by atoms with E-state index in [0.717, 1.165) is 48.9 Å². The Bertz CT molecular complexity index is 628. The van der Waals surface area contributed by atoms with Crippen molar-refractivity contribution in [2.24, 2.45) is 0 Å². The molecule has 1 fully saturated rings. The average Bonchev–Trinajstić information content (AvgIpc) is 3.15. The van der Waals surface area contributed by atoms with Crippen molar-refractivity contribution in [3.8, 4) is 11.5 Å². The van der Waals surface area contributed by atoms with Gasteiger partial charge in [-0.2, -0.15) is 0 Å². The van der Waals surface area contributed by atoms with Gasteiger partial charge in [0.15, 0.2) is 11.5 Å². The number of nitrogens with one attached hydrogen (secondary N) is 1. The van der Waals surface area contributed by atoms with Gasteiger partial charge in [-0.05, 0) is 42.7 Å². The molecule has 5 heteroatoms. The first-order chi connectivity index (χ1) is 11.8. The Labute approximate surface area is 143 Å². The minimum Gasteiger partial charge on any atom is -0.493 e. The molecule has 3 rings (SSSR count). The molecule has 1 aromatic carbocycles. The molecule has 2 aromatic rings. The van der Waals surface area contributed by atoms with E-state index < -0.39 is 0 Å². The standard InChI is InChI=1S/C19H24N2O3/c1-22-19-11-15(12-20-13-17-6-4-10-23-17)7-8-18(19)24-14-16-5-2-3-9-21-16/h2-3,5,7-9,11,17,20H,4,6,10,12-14H2,1H3/t17-/m0/s1. The highest BCUT2D eigenvalue weighted by molar-refractivity contribution is 5.43. The lowest BCUT2D eigenvalue weighted by atomic mass is 10.2. The number of hydrogen-bond acceptors (Lipinski definition) is 5. The highest BCUT2D eigenvalue weighted by atomic mass is 16.5. The molecule has 0 aliphatic carbocycles. The number of ether oxygens (including phenoxy) is 3. The van der Waals surface area contributed by atoms with Crippen LogP contribution in [0, 0.1) is 0 Å². The summed E-state index contributed by atoms with van der Waals surface area (Å²) in [5.41, 5.74) is 2.05. The third kappa shape index (κ3) is 4.69. The van der Waals surface area contributed by atoms with E-state index in [9.17, 15) is 0 Å². The number of aromatic nitrogens is 1. The topological polar surface area (TPSA) is 52.6 Å². The highest BCUT2D eigenvalue weighted by Gasteiger charge is 2.14. The number of benzene rings is 1. The molecule has 1 aliphatic heterocycles. The SMILES string of the molecule is COc1cc(CNC[C@@H]2CCCO2)ccc1OCc1ccccn1. The summed E-state index contributed by atoms with van der Waals surface area (Å²) in [6.45, 7) is 2.99. The molecule has 128 valence electrons. The van der Waals surface area contributed by atoms with Gasteiger partial charge >= 0.3 is 0 Å². The Hall–Kier alpha value is -2.11. The lowest BCUT2D eigenvalue weighted by Gasteiger charge is -2.14. The van der Waals surface area contributed by atoms with Gasteiger partial charge < -0.3 is 19.5 Å². The molecule has 2 heterocycles. The summed E-state index contributed by atoms with van der Waals surface area (Å²) in [6.07, 6.45) is 4.44. The second-order valence-corrected chi connectivity index (χ2v) is 5.86. The van der Waals surface area contributed by atoms with Gasteiger partial charge in [-0.3, -0.25) is 4.98 Å². The fraction of sp³-hybridized carbons (Fsp3) is 0.421. The zero-order valence-corrected chi connectivity index (χ0v) is 14.0. The van der Waals surface area contributed by atoms with Crippen LogP contribution in [0.2, 0.25) is 0 Å². The summed E-state index contributed by atoms with van der Waals surface area (Å²) >= 11 is 0. The summed E-state index contributed by atoms with van der Waals surface area (Å²) < 4.78 is 16.9. The largest absolute Gasteiger partial charge is 0.493 e. The summed E-state index contributed by atoms with van der Waals surface area (Å²) in [4.78, 5) is 4.26. The quantitative estimate of drug-likeness (QED) is 0.807. The third-order valence-corrected chi connectivity index (χ3v) is 4.05. The van der Waals surface area contributed by atoms with Crippen molar-refractivity contribution in [1.82, 2.24) is 10.3 Å². The van der Waals surface area contributed by atoms with Gasteiger partial charge in [0.1, 0.15) is 6.61 Å². The van der Waals surface area contributed by atoms with Crippen LogP contribution >= 0.6 is 0 Å². The van der Waals surface area contributed by atoms with Crippen LogP contribution in [-0.4, -0.2) is 31.3 Å².